The minimum Gasteiger partial charge on any atom is -0.348 e. The summed E-state index contributed by atoms with van der Waals surface area (Å²) in [6.07, 6.45) is 4.81. The number of amides is 1. The Hall–Kier alpha value is -2.04. The van der Waals surface area contributed by atoms with Crippen LogP contribution < -0.4 is 0 Å². The van der Waals surface area contributed by atoms with Crippen LogP contribution in [0.15, 0.2) is 12.1 Å². The Morgan fingerprint density at radius 1 is 1.24 bits per heavy atom. The van der Waals surface area contributed by atoms with E-state index in [1.165, 1.54) is 18.5 Å². The Morgan fingerprint density at radius 2 is 2.04 bits per heavy atom. The highest BCUT2D eigenvalue weighted by atomic mass is 16.2. The maximum Gasteiger partial charge on any atom is 0.255 e. The summed E-state index contributed by atoms with van der Waals surface area (Å²) in [5, 5.41) is 7.44. The van der Waals surface area contributed by atoms with Gasteiger partial charge >= 0.3 is 0 Å². The van der Waals surface area contributed by atoms with Gasteiger partial charge in [0.15, 0.2) is 0 Å². The van der Waals surface area contributed by atoms with Gasteiger partial charge in [0, 0.05) is 42.6 Å². The molecule has 4 rings (SSSR count). The first kappa shape index (κ1) is 16.4. The third-order valence-electron chi connectivity index (χ3n) is 5.79. The summed E-state index contributed by atoms with van der Waals surface area (Å²) in [7, 11) is 0. The first-order chi connectivity index (χ1) is 12.0. The van der Waals surface area contributed by atoms with E-state index in [2.05, 4.69) is 40.7 Å². The lowest BCUT2D eigenvalue weighted by Gasteiger charge is -2.32. The maximum absolute atomic E-state index is 13.2. The van der Waals surface area contributed by atoms with E-state index in [0.717, 1.165) is 61.0 Å². The molecule has 5 heteroatoms. The molecule has 5 nitrogen and oxygen atoms in total. The van der Waals surface area contributed by atoms with Crippen LogP contribution in [0.4, 0.5) is 0 Å². The first-order valence-corrected chi connectivity index (χ1v) is 9.51. The van der Waals surface area contributed by atoms with Gasteiger partial charge in [-0.25, -0.2) is 0 Å². The summed E-state index contributed by atoms with van der Waals surface area (Å²) in [6, 6.07) is 4.20. The average Bonchev–Trinajstić information content (AvgIpc) is 3.27. The molecule has 1 atom stereocenters. The van der Waals surface area contributed by atoms with Gasteiger partial charge in [0.1, 0.15) is 0 Å². The second-order valence-electron chi connectivity index (χ2n) is 7.90. The van der Waals surface area contributed by atoms with Crippen LogP contribution >= 0.6 is 0 Å². The number of H-pyrrole nitrogens is 1. The standard InChI is InChI=1S/C20H28N4O/c1-13-9-19(22-21-13)17-5-4-8-23(12-17)20(25)18-10-14(2)24(15(18)3)11-16-6-7-16/h9-10,16-17H,4-8,11-12H2,1-3H3,(H,21,22). The largest absolute Gasteiger partial charge is 0.348 e. The van der Waals surface area contributed by atoms with Crippen molar-refractivity contribution in [2.45, 2.75) is 58.9 Å². The van der Waals surface area contributed by atoms with Crippen molar-refractivity contribution in [3.05, 3.63) is 40.5 Å². The predicted molar refractivity (Wildman–Crippen MR) is 97.8 cm³/mol. The second kappa shape index (κ2) is 6.36. The molecule has 25 heavy (non-hydrogen) atoms. The Balaban J connectivity index is 1.52. The highest BCUT2D eigenvalue weighted by Gasteiger charge is 2.30. The SMILES string of the molecule is Cc1cc(C2CCCN(C(=O)c3cc(C)n(CC4CC4)c3C)C2)n[nH]1. The van der Waals surface area contributed by atoms with Crippen molar-refractivity contribution in [2.75, 3.05) is 13.1 Å². The zero-order valence-electron chi connectivity index (χ0n) is 15.5. The Bertz CT molecular complexity index is 784. The van der Waals surface area contributed by atoms with Crippen LogP contribution in [0.2, 0.25) is 0 Å². The molecule has 2 aromatic heterocycles. The fraction of sp³-hybridized carbons (Fsp3) is 0.600. The number of aromatic nitrogens is 3. The van der Waals surface area contributed by atoms with Crippen LogP contribution in [-0.4, -0.2) is 38.7 Å². The van der Waals surface area contributed by atoms with Gasteiger partial charge in [-0.3, -0.25) is 9.89 Å². The summed E-state index contributed by atoms with van der Waals surface area (Å²) in [5.41, 5.74) is 5.41. The number of nitrogens with zero attached hydrogens (tertiary/aromatic N) is 3. The molecule has 134 valence electrons. The molecule has 3 heterocycles. The number of piperidine rings is 1. The number of carbonyl (C=O) groups excluding carboxylic acids is 1. The molecule has 0 aromatic carbocycles. The van der Waals surface area contributed by atoms with E-state index in [4.69, 9.17) is 0 Å². The first-order valence-electron chi connectivity index (χ1n) is 9.51. The molecule has 2 aromatic rings. The molecular weight excluding hydrogens is 312 g/mol. The molecule has 1 aliphatic carbocycles. The molecule has 1 saturated carbocycles. The highest BCUT2D eigenvalue weighted by Crippen LogP contribution is 2.33. The number of likely N-dealkylation sites (tertiary alicyclic amines) is 1. The lowest BCUT2D eigenvalue weighted by atomic mass is 9.94. The predicted octanol–water partition coefficient (Wildman–Crippen LogP) is 3.57. The minimum atomic E-state index is 0.187. The van der Waals surface area contributed by atoms with Gasteiger partial charge in [0.25, 0.3) is 5.91 Å². The molecule has 1 unspecified atom stereocenters. The average molecular weight is 340 g/mol. The van der Waals surface area contributed by atoms with E-state index in [0.29, 0.717) is 5.92 Å². The lowest BCUT2D eigenvalue weighted by Crippen LogP contribution is -2.39. The molecular formula is C20H28N4O. The third-order valence-corrected chi connectivity index (χ3v) is 5.79. The van der Waals surface area contributed by atoms with Gasteiger partial charge < -0.3 is 9.47 Å². The van der Waals surface area contributed by atoms with E-state index in [-0.39, 0.29) is 5.91 Å². The Morgan fingerprint density at radius 3 is 2.72 bits per heavy atom. The van der Waals surface area contributed by atoms with Gasteiger partial charge in [-0.15, -0.1) is 0 Å². The van der Waals surface area contributed by atoms with E-state index in [1.54, 1.807) is 0 Å². The summed E-state index contributed by atoms with van der Waals surface area (Å²) < 4.78 is 2.34. The summed E-state index contributed by atoms with van der Waals surface area (Å²) >= 11 is 0. The third kappa shape index (κ3) is 3.24. The van der Waals surface area contributed by atoms with Crippen molar-refractivity contribution in [2.24, 2.45) is 5.92 Å². The molecule has 2 fully saturated rings. The fourth-order valence-corrected chi connectivity index (χ4v) is 4.08. The topological polar surface area (TPSA) is 53.9 Å². The second-order valence-corrected chi connectivity index (χ2v) is 7.90. The molecule has 1 aliphatic heterocycles. The van der Waals surface area contributed by atoms with Crippen molar-refractivity contribution in [1.29, 1.82) is 0 Å². The molecule has 1 amide bonds. The van der Waals surface area contributed by atoms with Crippen molar-refractivity contribution >= 4 is 5.91 Å². The van der Waals surface area contributed by atoms with Gasteiger partial charge in [0.05, 0.1) is 11.3 Å². The monoisotopic (exact) mass is 340 g/mol. The van der Waals surface area contributed by atoms with Gasteiger partial charge in [-0.05, 0) is 64.5 Å². The van der Waals surface area contributed by atoms with E-state index >= 15 is 0 Å². The van der Waals surface area contributed by atoms with Crippen LogP contribution in [0.3, 0.4) is 0 Å². The zero-order valence-corrected chi connectivity index (χ0v) is 15.5. The van der Waals surface area contributed by atoms with Crippen molar-refractivity contribution in [3.63, 3.8) is 0 Å². The van der Waals surface area contributed by atoms with Crippen molar-refractivity contribution < 1.29 is 4.79 Å². The van der Waals surface area contributed by atoms with Crippen LogP contribution in [0.1, 0.15) is 64.7 Å². The van der Waals surface area contributed by atoms with Gasteiger partial charge in [-0.1, -0.05) is 0 Å². The fourth-order valence-electron chi connectivity index (χ4n) is 4.08. The van der Waals surface area contributed by atoms with Crippen molar-refractivity contribution in [3.8, 4) is 0 Å². The summed E-state index contributed by atoms with van der Waals surface area (Å²) in [4.78, 5) is 15.2. The number of rotatable bonds is 4. The number of hydrogen-bond donors (Lipinski definition) is 1. The molecule has 0 spiro atoms. The number of carbonyl (C=O) groups is 1. The van der Waals surface area contributed by atoms with E-state index < -0.39 is 0 Å². The minimum absolute atomic E-state index is 0.187. The number of aryl methyl sites for hydroxylation is 2. The zero-order chi connectivity index (χ0) is 17.6. The Labute approximate surface area is 149 Å². The molecule has 1 saturated heterocycles. The quantitative estimate of drug-likeness (QED) is 0.925. The van der Waals surface area contributed by atoms with Crippen LogP contribution in [0.25, 0.3) is 0 Å². The molecule has 0 radical (unpaired) electrons. The Kier molecular flexibility index (Phi) is 4.18. The summed E-state index contributed by atoms with van der Waals surface area (Å²) in [6.45, 7) is 8.94. The van der Waals surface area contributed by atoms with Crippen molar-refractivity contribution in [1.82, 2.24) is 19.7 Å². The van der Waals surface area contributed by atoms with Crippen LogP contribution in [0, 0.1) is 26.7 Å². The normalized spacial score (nSPS) is 20.9. The number of aromatic amines is 1. The molecule has 2 aliphatic rings. The van der Waals surface area contributed by atoms with Crippen LogP contribution in [-0.2, 0) is 6.54 Å². The maximum atomic E-state index is 13.2. The van der Waals surface area contributed by atoms with Crippen LogP contribution in [0.5, 0.6) is 0 Å². The number of nitrogens with one attached hydrogen (secondary N) is 1. The highest BCUT2D eigenvalue weighted by molar-refractivity contribution is 5.95. The molecule has 0 bridgehead atoms. The molecule has 1 N–H and O–H groups in total. The number of hydrogen-bond acceptors (Lipinski definition) is 2. The lowest BCUT2D eigenvalue weighted by molar-refractivity contribution is 0.0705. The van der Waals surface area contributed by atoms with E-state index in [9.17, 15) is 4.79 Å². The summed E-state index contributed by atoms with van der Waals surface area (Å²) in [5.74, 6) is 1.35. The van der Waals surface area contributed by atoms with Gasteiger partial charge in [0.2, 0.25) is 0 Å². The van der Waals surface area contributed by atoms with E-state index in [1.807, 2.05) is 11.8 Å². The smallest absolute Gasteiger partial charge is 0.255 e. The van der Waals surface area contributed by atoms with Gasteiger partial charge in [-0.2, -0.15) is 5.10 Å².